The molecule has 0 fully saturated rings. The highest BCUT2D eigenvalue weighted by atomic mass is 32.1. The van der Waals surface area contributed by atoms with Crippen LogP contribution in [0.15, 0.2) is 40.1 Å². The van der Waals surface area contributed by atoms with Crippen LogP contribution in [0.25, 0.3) is 11.0 Å². The van der Waals surface area contributed by atoms with Crippen molar-refractivity contribution in [3.8, 4) is 0 Å². The average Bonchev–Trinajstić information content (AvgIpc) is 3.05. The van der Waals surface area contributed by atoms with E-state index < -0.39 is 0 Å². The number of hydrogen-bond donors (Lipinski definition) is 2. The molecule has 3 rings (SSSR count). The van der Waals surface area contributed by atoms with Crippen molar-refractivity contribution >= 4 is 22.3 Å². The van der Waals surface area contributed by atoms with Gasteiger partial charge >= 0.3 is 0 Å². The molecule has 0 aliphatic heterocycles. The van der Waals surface area contributed by atoms with Crippen molar-refractivity contribution in [2.75, 3.05) is 0 Å². The minimum absolute atomic E-state index is 0.0855. The van der Waals surface area contributed by atoms with Gasteiger partial charge in [-0.1, -0.05) is 18.6 Å². The van der Waals surface area contributed by atoms with E-state index in [4.69, 9.17) is 10.3 Å². The Morgan fingerprint density at radius 2 is 2.15 bits per heavy atom. The lowest BCUT2D eigenvalue weighted by Gasteiger charge is -2.13. The van der Waals surface area contributed by atoms with Crippen LogP contribution in [0.5, 0.6) is 0 Å². The number of furan rings is 1. The van der Waals surface area contributed by atoms with Gasteiger partial charge in [-0.2, -0.15) is 0 Å². The van der Waals surface area contributed by atoms with Crippen molar-refractivity contribution in [3.63, 3.8) is 0 Å². The molecule has 0 saturated heterocycles. The number of nitrogens with two attached hydrogens (primary N) is 1. The van der Waals surface area contributed by atoms with E-state index >= 15 is 0 Å². The van der Waals surface area contributed by atoms with E-state index in [1.165, 1.54) is 16.0 Å². The van der Waals surface area contributed by atoms with Crippen LogP contribution in [-0.2, 0) is 6.42 Å². The van der Waals surface area contributed by atoms with Gasteiger partial charge in [-0.25, -0.2) is 5.43 Å². The molecule has 0 aliphatic rings. The minimum Gasteiger partial charge on any atom is -0.459 e. The van der Waals surface area contributed by atoms with Gasteiger partial charge in [0.05, 0.1) is 0 Å². The van der Waals surface area contributed by atoms with Gasteiger partial charge in [0.25, 0.3) is 0 Å². The lowest BCUT2D eigenvalue weighted by atomic mass is 10.1. The smallest absolute Gasteiger partial charge is 0.134 e. The Bertz CT molecular complexity index is 729. The monoisotopic (exact) mass is 286 g/mol. The summed E-state index contributed by atoms with van der Waals surface area (Å²) < 4.78 is 5.96. The largest absolute Gasteiger partial charge is 0.459 e. The molecule has 2 heterocycles. The van der Waals surface area contributed by atoms with Gasteiger partial charge in [0.2, 0.25) is 0 Å². The molecular formula is C16H18N2OS. The van der Waals surface area contributed by atoms with Crippen molar-refractivity contribution in [3.05, 3.63) is 57.5 Å². The summed E-state index contributed by atoms with van der Waals surface area (Å²) in [5.41, 5.74) is 6.33. The second-order valence-corrected chi connectivity index (χ2v) is 5.90. The Hall–Kier alpha value is -1.62. The van der Waals surface area contributed by atoms with E-state index in [1.54, 1.807) is 11.3 Å². The molecule has 0 spiro atoms. The molecule has 0 saturated carbocycles. The Kier molecular flexibility index (Phi) is 3.61. The third-order valence-corrected chi connectivity index (χ3v) is 4.59. The maximum atomic E-state index is 5.96. The Labute approximate surface area is 122 Å². The van der Waals surface area contributed by atoms with Gasteiger partial charge in [0.1, 0.15) is 17.4 Å². The first kappa shape index (κ1) is 13.4. The number of rotatable bonds is 4. The summed E-state index contributed by atoms with van der Waals surface area (Å²) in [5, 5.41) is 3.22. The van der Waals surface area contributed by atoms with Crippen LogP contribution in [-0.4, -0.2) is 0 Å². The first-order chi connectivity index (χ1) is 9.72. The van der Waals surface area contributed by atoms with Gasteiger partial charge in [-0.15, -0.1) is 11.3 Å². The summed E-state index contributed by atoms with van der Waals surface area (Å²) in [7, 11) is 0. The molecule has 0 amide bonds. The highest BCUT2D eigenvalue weighted by Crippen LogP contribution is 2.33. The molecule has 3 nitrogen and oxygen atoms in total. The predicted molar refractivity (Wildman–Crippen MR) is 83.8 cm³/mol. The summed E-state index contributed by atoms with van der Waals surface area (Å²) >= 11 is 1.71. The summed E-state index contributed by atoms with van der Waals surface area (Å²) in [6.07, 6.45) is 0.996. The SMILES string of the molecule is CCc1ccsc1C(NN)c1cc2cc(C)ccc2o1. The standard InChI is InChI=1S/C16H18N2OS/c1-3-11-6-7-20-16(11)15(18-17)14-9-12-8-10(2)4-5-13(12)19-14/h4-9,15,18H,3,17H2,1-2H3. The molecule has 3 N–H and O–H groups in total. The zero-order valence-corrected chi connectivity index (χ0v) is 12.5. The Balaban J connectivity index is 2.07. The van der Waals surface area contributed by atoms with Crippen LogP contribution in [0.2, 0.25) is 0 Å². The van der Waals surface area contributed by atoms with Crippen LogP contribution >= 0.6 is 11.3 Å². The number of hydrogen-bond acceptors (Lipinski definition) is 4. The predicted octanol–water partition coefficient (Wildman–Crippen LogP) is 3.92. The third-order valence-electron chi connectivity index (χ3n) is 3.57. The molecule has 0 aliphatic carbocycles. The fraction of sp³-hybridized carbons (Fsp3) is 0.250. The van der Waals surface area contributed by atoms with Crippen molar-refractivity contribution < 1.29 is 4.42 Å². The van der Waals surface area contributed by atoms with Crippen molar-refractivity contribution in [1.29, 1.82) is 0 Å². The molecule has 2 aromatic heterocycles. The number of hydrazine groups is 1. The molecule has 104 valence electrons. The molecule has 0 radical (unpaired) electrons. The highest BCUT2D eigenvalue weighted by molar-refractivity contribution is 7.10. The van der Waals surface area contributed by atoms with Gasteiger partial charge in [-0.05, 0) is 48.6 Å². The summed E-state index contributed by atoms with van der Waals surface area (Å²) in [5.74, 6) is 6.63. The number of benzene rings is 1. The topological polar surface area (TPSA) is 51.2 Å². The minimum atomic E-state index is -0.0855. The molecule has 1 unspecified atom stereocenters. The van der Waals surface area contributed by atoms with Crippen LogP contribution < -0.4 is 11.3 Å². The quantitative estimate of drug-likeness (QED) is 0.564. The fourth-order valence-corrected chi connectivity index (χ4v) is 3.57. The second-order valence-electron chi connectivity index (χ2n) is 4.95. The van der Waals surface area contributed by atoms with E-state index in [2.05, 4.69) is 48.9 Å². The van der Waals surface area contributed by atoms with E-state index in [0.717, 1.165) is 23.2 Å². The highest BCUT2D eigenvalue weighted by Gasteiger charge is 2.20. The lowest BCUT2D eigenvalue weighted by molar-refractivity contribution is 0.480. The van der Waals surface area contributed by atoms with E-state index in [1.807, 2.05) is 6.07 Å². The van der Waals surface area contributed by atoms with E-state index in [-0.39, 0.29) is 6.04 Å². The van der Waals surface area contributed by atoms with Gasteiger partial charge in [-0.3, -0.25) is 5.84 Å². The van der Waals surface area contributed by atoms with Gasteiger partial charge in [0, 0.05) is 10.3 Å². The molecule has 4 heteroatoms. The maximum Gasteiger partial charge on any atom is 0.134 e. The molecular weight excluding hydrogens is 268 g/mol. The molecule has 20 heavy (non-hydrogen) atoms. The van der Waals surface area contributed by atoms with Crippen molar-refractivity contribution in [1.82, 2.24) is 5.43 Å². The second kappa shape index (κ2) is 5.40. The lowest BCUT2D eigenvalue weighted by Crippen LogP contribution is -2.28. The van der Waals surface area contributed by atoms with Gasteiger partial charge in [0.15, 0.2) is 0 Å². The first-order valence-corrected chi connectivity index (χ1v) is 7.63. The summed E-state index contributed by atoms with van der Waals surface area (Å²) in [6.45, 7) is 4.24. The third kappa shape index (κ3) is 2.26. The normalized spacial score (nSPS) is 12.9. The van der Waals surface area contributed by atoms with Gasteiger partial charge < -0.3 is 4.42 Å². The number of fused-ring (bicyclic) bond motifs is 1. The van der Waals surface area contributed by atoms with Crippen LogP contribution in [0.3, 0.4) is 0 Å². The summed E-state index contributed by atoms with van der Waals surface area (Å²) in [4.78, 5) is 1.23. The fourth-order valence-electron chi connectivity index (χ4n) is 2.51. The maximum absolute atomic E-state index is 5.96. The zero-order chi connectivity index (χ0) is 14.1. The zero-order valence-electron chi connectivity index (χ0n) is 11.6. The first-order valence-electron chi connectivity index (χ1n) is 6.75. The van der Waals surface area contributed by atoms with Crippen molar-refractivity contribution in [2.45, 2.75) is 26.3 Å². The van der Waals surface area contributed by atoms with Crippen LogP contribution in [0.4, 0.5) is 0 Å². The van der Waals surface area contributed by atoms with E-state index in [9.17, 15) is 0 Å². The van der Waals surface area contributed by atoms with E-state index in [0.29, 0.717) is 0 Å². The Morgan fingerprint density at radius 1 is 1.30 bits per heavy atom. The van der Waals surface area contributed by atoms with Crippen LogP contribution in [0.1, 0.15) is 34.7 Å². The summed E-state index contributed by atoms with van der Waals surface area (Å²) in [6, 6.07) is 10.3. The number of aryl methyl sites for hydroxylation is 2. The Morgan fingerprint density at radius 3 is 2.90 bits per heavy atom. The van der Waals surface area contributed by atoms with Crippen molar-refractivity contribution in [2.24, 2.45) is 5.84 Å². The number of nitrogens with one attached hydrogen (secondary N) is 1. The molecule has 3 aromatic rings. The number of thiophene rings is 1. The molecule has 1 aromatic carbocycles. The average molecular weight is 286 g/mol. The molecule has 1 atom stereocenters. The molecule has 0 bridgehead atoms. The van der Waals surface area contributed by atoms with Crippen LogP contribution in [0, 0.1) is 6.92 Å².